The molecule has 0 aromatic heterocycles. The number of rotatable bonds is 1. The third-order valence-corrected chi connectivity index (χ3v) is 1.31. The molecule has 6 heavy (non-hydrogen) atoms. The molecule has 1 fully saturated rings. The maximum Gasteiger partial charge on any atom is 0.157 e. The van der Waals surface area contributed by atoms with Crippen molar-refractivity contribution in [2.45, 2.75) is 25.0 Å². The Balaban J connectivity index is 2.09. The van der Waals surface area contributed by atoms with E-state index in [9.17, 15) is 0 Å². The Hall–Kier alpha value is 0.250. The first-order valence-electron chi connectivity index (χ1n) is 2.14. The van der Waals surface area contributed by atoms with Crippen LogP contribution in [0.5, 0.6) is 0 Å². The van der Waals surface area contributed by atoms with Gasteiger partial charge in [-0.05, 0) is 6.42 Å². The Labute approximate surface area is 42.2 Å². The van der Waals surface area contributed by atoms with Gasteiger partial charge in [0.05, 0.1) is 6.10 Å². The lowest BCUT2D eigenvalue weighted by molar-refractivity contribution is 0.394. The number of ether oxygens (including phenoxy) is 1. The van der Waals surface area contributed by atoms with E-state index >= 15 is 0 Å². The molecule has 2 heteroatoms. The molecular weight excluding hydrogens is 99.5 g/mol. The van der Waals surface area contributed by atoms with Crippen LogP contribution in [0.15, 0.2) is 0 Å². The molecule has 1 heterocycles. The Kier molecular flexibility index (Phi) is 1.02. The van der Waals surface area contributed by atoms with Crippen LogP contribution in [0, 0.1) is 0 Å². The normalized spacial score (nSPS) is 43.0. The minimum Gasteiger partial charge on any atom is -0.352 e. The van der Waals surface area contributed by atoms with E-state index < -0.39 is 0 Å². The molecule has 0 saturated carbocycles. The summed E-state index contributed by atoms with van der Waals surface area (Å²) >= 11 is 5.43. The van der Waals surface area contributed by atoms with Gasteiger partial charge in [0.2, 0.25) is 0 Å². The lowest BCUT2D eigenvalue weighted by Gasteiger charge is -1.71. The van der Waals surface area contributed by atoms with Crippen LogP contribution in [0.1, 0.15) is 13.3 Å². The van der Waals surface area contributed by atoms with E-state index in [1.54, 1.807) is 0 Å². The van der Waals surface area contributed by atoms with Crippen molar-refractivity contribution in [2.24, 2.45) is 0 Å². The fourth-order valence-corrected chi connectivity index (χ4v) is 0.713. The first kappa shape index (κ1) is 4.41. The van der Waals surface area contributed by atoms with Crippen molar-refractivity contribution in [1.29, 1.82) is 0 Å². The fourth-order valence-electron chi connectivity index (χ4n) is 0.403. The molecule has 1 aliphatic heterocycles. The van der Waals surface area contributed by atoms with Crippen molar-refractivity contribution in [1.82, 2.24) is 0 Å². The van der Waals surface area contributed by atoms with Crippen LogP contribution in [-0.4, -0.2) is 11.7 Å². The second kappa shape index (κ2) is 1.39. The lowest BCUT2D eigenvalue weighted by atomic mass is 10.4. The Morgan fingerprint density at radius 2 is 2.33 bits per heavy atom. The van der Waals surface area contributed by atoms with Gasteiger partial charge < -0.3 is 4.74 Å². The van der Waals surface area contributed by atoms with Crippen LogP contribution in [0.2, 0.25) is 0 Å². The largest absolute Gasteiger partial charge is 0.352 e. The SMILES string of the molecule is CC[C@H]1O[C@@H]1Cl. The van der Waals surface area contributed by atoms with E-state index in [1.165, 1.54) is 0 Å². The van der Waals surface area contributed by atoms with Gasteiger partial charge in [-0.1, -0.05) is 18.5 Å². The van der Waals surface area contributed by atoms with Crippen molar-refractivity contribution in [3.8, 4) is 0 Å². The molecule has 0 bridgehead atoms. The minimum absolute atomic E-state index is 0.0370. The van der Waals surface area contributed by atoms with Crippen molar-refractivity contribution in [2.75, 3.05) is 0 Å². The first-order valence-corrected chi connectivity index (χ1v) is 2.57. The van der Waals surface area contributed by atoms with Gasteiger partial charge in [-0.3, -0.25) is 0 Å². The van der Waals surface area contributed by atoms with Gasteiger partial charge in [0.15, 0.2) is 5.56 Å². The van der Waals surface area contributed by atoms with E-state index in [1.807, 2.05) is 0 Å². The molecule has 0 unspecified atom stereocenters. The summed E-state index contributed by atoms with van der Waals surface area (Å²) in [5.41, 5.74) is 0.0370. The maximum absolute atomic E-state index is 5.43. The van der Waals surface area contributed by atoms with Gasteiger partial charge in [-0.25, -0.2) is 0 Å². The van der Waals surface area contributed by atoms with Crippen LogP contribution >= 0.6 is 11.6 Å². The number of halogens is 1. The molecule has 1 rings (SSSR count). The summed E-state index contributed by atoms with van der Waals surface area (Å²) in [4.78, 5) is 0. The predicted molar refractivity (Wildman–Crippen MR) is 24.8 cm³/mol. The third kappa shape index (κ3) is 0.660. The molecule has 1 aliphatic rings. The van der Waals surface area contributed by atoms with Gasteiger partial charge in [-0.15, -0.1) is 0 Å². The number of hydrogen-bond donors (Lipinski definition) is 0. The molecule has 0 aromatic rings. The van der Waals surface area contributed by atoms with Crippen LogP contribution in [-0.2, 0) is 4.74 Å². The van der Waals surface area contributed by atoms with Gasteiger partial charge >= 0.3 is 0 Å². The number of hydrogen-bond acceptors (Lipinski definition) is 1. The van der Waals surface area contributed by atoms with E-state index in [0.717, 1.165) is 6.42 Å². The van der Waals surface area contributed by atoms with Crippen molar-refractivity contribution in [3.63, 3.8) is 0 Å². The van der Waals surface area contributed by atoms with Crippen molar-refractivity contribution < 1.29 is 4.74 Å². The van der Waals surface area contributed by atoms with Crippen LogP contribution < -0.4 is 0 Å². The molecule has 1 nitrogen and oxygen atoms in total. The van der Waals surface area contributed by atoms with E-state index in [0.29, 0.717) is 6.10 Å². The Morgan fingerprint density at radius 1 is 1.83 bits per heavy atom. The molecule has 0 N–H and O–H groups in total. The molecule has 0 radical (unpaired) electrons. The standard InChI is InChI=1S/C4H7ClO/c1-2-3-4(5)6-3/h3-4H,2H2,1H3/t3-,4+/m1/s1. The lowest BCUT2D eigenvalue weighted by Crippen LogP contribution is -1.79. The average Bonchev–Trinajstić information content (AvgIpc) is 2.19. The summed E-state index contributed by atoms with van der Waals surface area (Å²) in [7, 11) is 0. The Morgan fingerprint density at radius 3 is 2.33 bits per heavy atom. The third-order valence-electron chi connectivity index (χ3n) is 0.923. The van der Waals surface area contributed by atoms with Gasteiger partial charge in [-0.2, -0.15) is 0 Å². The summed E-state index contributed by atoms with van der Waals surface area (Å²) in [6.45, 7) is 2.06. The molecular formula is C4H7ClO. The highest BCUT2D eigenvalue weighted by molar-refractivity contribution is 6.21. The average molecular weight is 107 g/mol. The predicted octanol–water partition coefficient (Wildman–Crippen LogP) is 1.36. The zero-order valence-electron chi connectivity index (χ0n) is 3.65. The highest BCUT2D eigenvalue weighted by atomic mass is 35.5. The highest BCUT2D eigenvalue weighted by Crippen LogP contribution is 2.27. The number of epoxide rings is 1. The summed E-state index contributed by atoms with van der Waals surface area (Å²) in [6.07, 6.45) is 1.42. The summed E-state index contributed by atoms with van der Waals surface area (Å²) < 4.78 is 4.83. The maximum atomic E-state index is 5.43. The topological polar surface area (TPSA) is 12.5 Å². The fraction of sp³-hybridized carbons (Fsp3) is 1.00. The van der Waals surface area contributed by atoms with E-state index in [-0.39, 0.29) is 5.56 Å². The second-order valence-electron chi connectivity index (χ2n) is 1.43. The van der Waals surface area contributed by atoms with E-state index in [2.05, 4.69) is 6.92 Å². The van der Waals surface area contributed by atoms with E-state index in [4.69, 9.17) is 16.3 Å². The minimum atomic E-state index is 0.0370. The molecule has 0 amide bonds. The zero-order chi connectivity index (χ0) is 4.57. The molecule has 1 saturated heterocycles. The summed E-state index contributed by atoms with van der Waals surface area (Å²) in [5, 5.41) is 0. The quantitative estimate of drug-likeness (QED) is 0.363. The van der Waals surface area contributed by atoms with Gasteiger partial charge in [0, 0.05) is 0 Å². The van der Waals surface area contributed by atoms with Crippen LogP contribution in [0.3, 0.4) is 0 Å². The zero-order valence-corrected chi connectivity index (χ0v) is 4.40. The van der Waals surface area contributed by atoms with Crippen molar-refractivity contribution >= 4 is 11.6 Å². The van der Waals surface area contributed by atoms with Crippen molar-refractivity contribution in [3.05, 3.63) is 0 Å². The molecule has 2 atom stereocenters. The smallest absolute Gasteiger partial charge is 0.157 e. The molecule has 0 spiro atoms. The second-order valence-corrected chi connectivity index (χ2v) is 1.86. The van der Waals surface area contributed by atoms with Crippen LogP contribution in [0.4, 0.5) is 0 Å². The molecule has 0 aromatic carbocycles. The van der Waals surface area contributed by atoms with Gasteiger partial charge in [0.25, 0.3) is 0 Å². The molecule has 36 valence electrons. The Bertz CT molecular complexity index is 53.5. The van der Waals surface area contributed by atoms with Crippen LogP contribution in [0.25, 0.3) is 0 Å². The highest BCUT2D eigenvalue weighted by Gasteiger charge is 2.34. The monoisotopic (exact) mass is 106 g/mol. The number of alkyl halides is 1. The summed E-state index contributed by atoms with van der Waals surface area (Å²) in [6, 6.07) is 0. The summed E-state index contributed by atoms with van der Waals surface area (Å²) in [5.74, 6) is 0. The van der Waals surface area contributed by atoms with Gasteiger partial charge in [0.1, 0.15) is 0 Å². The first-order chi connectivity index (χ1) is 2.84. The molecule has 0 aliphatic carbocycles.